The summed E-state index contributed by atoms with van der Waals surface area (Å²) in [6, 6.07) is -0.0303. The average Bonchev–Trinajstić information content (AvgIpc) is 2.14. The SMILES string of the molecule is OCc1c(C(F)(F)F)cc(F)nc1C(F)F. The van der Waals surface area contributed by atoms with Crippen LogP contribution >= 0.6 is 0 Å². The fourth-order valence-electron chi connectivity index (χ4n) is 1.16. The number of rotatable bonds is 2. The Balaban J connectivity index is 3.49. The normalized spacial score (nSPS) is 12.2. The van der Waals surface area contributed by atoms with Gasteiger partial charge in [-0.05, 0) is 0 Å². The van der Waals surface area contributed by atoms with Crippen LogP contribution in [0.3, 0.4) is 0 Å². The number of alkyl halides is 5. The van der Waals surface area contributed by atoms with Crippen LogP contribution in [0.5, 0.6) is 0 Å². The second-order valence-corrected chi connectivity index (χ2v) is 2.81. The second-order valence-electron chi connectivity index (χ2n) is 2.81. The third-order valence-corrected chi connectivity index (χ3v) is 1.80. The Morgan fingerprint density at radius 3 is 2.25 bits per heavy atom. The number of hydrogen-bond donors (Lipinski definition) is 1. The quantitative estimate of drug-likeness (QED) is 0.641. The van der Waals surface area contributed by atoms with Crippen molar-refractivity contribution in [1.82, 2.24) is 4.98 Å². The standard InChI is InChI=1S/C8H5F6NO/c9-5-1-4(8(12,13)14)3(2-16)6(15-5)7(10)11/h1,7,16H,2H2. The van der Waals surface area contributed by atoms with Gasteiger partial charge in [0, 0.05) is 11.6 Å². The molecule has 0 radical (unpaired) electrons. The molecule has 0 saturated carbocycles. The summed E-state index contributed by atoms with van der Waals surface area (Å²) < 4.78 is 74.0. The highest BCUT2D eigenvalue weighted by Gasteiger charge is 2.36. The number of pyridine rings is 1. The van der Waals surface area contributed by atoms with Gasteiger partial charge in [0.05, 0.1) is 12.2 Å². The van der Waals surface area contributed by atoms with E-state index in [2.05, 4.69) is 4.98 Å². The van der Waals surface area contributed by atoms with Crippen LogP contribution in [0.25, 0.3) is 0 Å². The van der Waals surface area contributed by atoms with Crippen LogP contribution < -0.4 is 0 Å². The molecule has 0 aliphatic rings. The molecule has 1 aromatic rings. The van der Waals surface area contributed by atoms with Gasteiger partial charge in [0.15, 0.2) is 0 Å². The number of aliphatic hydroxyl groups excluding tert-OH is 1. The van der Waals surface area contributed by atoms with E-state index in [0.29, 0.717) is 0 Å². The number of aliphatic hydroxyl groups is 1. The van der Waals surface area contributed by atoms with E-state index in [1.807, 2.05) is 0 Å². The molecule has 0 amide bonds. The summed E-state index contributed by atoms with van der Waals surface area (Å²) in [5.41, 5.74) is -4.14. The highest BCUT2D eigenvalue weighted by atomic mass is 19.4. The molecular formula is C8H5F6NO. The van der Waals surface area contributed by atoms with Crippen molar-refractivity contribution < 1.29 is 31.4 Å². The Labute approximate surface area is 85.5 Å². The molecule has 16 heavy (non-hydrogen) atoms. The zero-order chi connectivity index (χ0) is 12.5. The van der Waals surface area contributed by atoms with E-state index < -0.39 is 42.0 Å². The van der Waals surface area contributed by atoms with E-state index in [1.54, 1.807) is 0 Å². The van der Waals surface area contributed by atoms with Gasteiger partial charge in [0.2, 0.25) is 5.95 Å². The molecule has 90 valence electrons. The molecule has 0 spiro atoms. The highest BCUT2D eigenvalue weighted by molar-refractivity contribution is 5.33. The molecule has 8 heteroatoms. The molecule has 2 nitrogen and oxygen atoms in total. The number of halogens is 6. The van der Waals surface area contributed by atoms with Gasteiger partial charge < -0.3 is 5.11 Å². The molecule has 0 fully saturated rings. The van der Waals surface area contributed by atoms with Gasteiger partial charge in [0.25, 0.3) is 6.43 Å². The van der Waals surface area contributed by atoms with Crippen molar-refractivity contribution in [2.75, 3.05) is 0 Å². The Morgan fingerprint density at radius 1 is 1.31 bits per heavy atom. The molecule has 0 aromatic carbocycles. The predicted molar refractivity (Wildman–Crippen MR) is 40.1 cm³/mol. The first-order valence-corrected chi connectivity index (χ1v) is 3.93. The molecule has 1 rings (SSSR count). The van der Waals surface area contributed by atoms with Gasteiger partial charge in [-0.2, -0.15) is 17.6 Å². The number of aromatic nitrogens is 1. The minimum absolute atomic E-state index is 0.0303. The molecule has 0 aliphatic carbocycles. The summed E-state index contributed by atoms with van der Waals surface area (Å²) in [7, 11) is 0. The molecule has 0 bridgehead atoms. The topological polar surface area (TPSA) is 33.1 Å². The molecule has 0 atom stereocenters. The van der Waals surface area contributed by atoms with Crippen LogP contribution in [-0.2, 0) is 12.8 Å². The van der Waals surface area contributed by atoms with Crippen LogP contribution in [0.15, 0.2) is 6.07 Å². The third-order valence-electron chi connectivity index (χ3n) is 1.80. The van der Waals surface area contributed by atoms with Crippen LogP contribution in [0.4, 0.5) is 26.3 Å². The van der Waals surface area contributed by atoms with Crippen LogP contribution in [-0.4, -0.2) is 10.1 Å². The lowest BCUT2D eigenvalue weighted by Crippen LogP contribution is -2.14. The first kappa shape index (κ1) is 12.8. The van der Waals surface area contributed by atoms with E-state index in [1.165, 1.54) is 0 Å². The molecule has 0 aliphatic heterocycles. The summed E-state index contributed by atoms with van der Waals surface area (Å²) in [6.07, 6.45) is -8.41. The van der Waals surface area contributed by atoms with Crippen molar-refractivity contribution in [3.05, 3.63) is 28.8 Å². The van der Waals surface area contributed by atoms with Gasteiger partial charge in [0.1, 0.15) is 5.69 Å². The van der Waals surface area contributed by atoms with Crippen molar-refractivity contribution in [2.45, 2.75) is 19.2 Å². The molecule has 0 unspecified atom stereocenters. The molecular weight excluding hydrogens is 240 g/mol. The lowest BCUT2D eigenvalue weighted by Gasteiger charge is -2.14. The Kier molecular flexibility index (Phi) is 3.41. The molecule has 1 aromatic heterocycles. The fourth-order valence-corrected chi connectivity index (χ4v) is 1.16. The molecule has 1 heterocycles. The second kappa shape index (κ2) is 4.28. The first-order valence-electron chi connectivity index (χ1n) is 3.93. The maximum absolute atomic E-state index is 12.6. The minimum Gasteiger partial charge on any atom is -0.392 e. The van der Waals surface area contributed by atoms with Gasteiger partial charge in [-0.25, -0.2) is 13.8 Å². The van der Waals surface area contributed by atoms with Crippen molar-refractivity contribution >= 4 is 0 Å². The van der Waals surface area contributed by atoms with Crippen LogP contribution in [0.2, 0.25) is 0 Å². The maximum atomic E-state index is 12.6. The first-order chi connectivity index (χ1) is 7.27. The lowest BCUT2D eigenvalue weighted by atomic mass is 10.1. The van der Waals surface area contributed by atoms with Crippen molar-refractivity contribution in [1.29, 1.82) is 0 Å². The van der Waals surface area contributed by atoms with E-state index in [-0.39, 0.29) is 6.07 Å². The fraction of sp³-hybridized carbons (Fsp3) is 0.375. The van der Waals surface area contributed by atoms with Crippen molar-refractivity contribution in [3.8, 4) is 0 Å². The average molecular weight is 245 g/mol. The minimum atomic E-state index is -5.02. The Bertz CT molecular complexity index is 389. The summed E-state index contributed by atoms with van der Waals surface area (Å²) in [5.74, 6) is -1.67. The van der Waals surface area contributed by atoms with Gasteiger partial charge >= 0.3 is 6.18 Å². The largest absolute Gasteiger partial charge is 0.416 e. The summed E-state index contributed by atoms with van der Waals surface area (Å²) in [4.78, 5) is 2.64. The number of nitrogens with zero attached hydrogens (tertiary/aromatic N) is 1. The van der Waals surface area contributed by atoms with Gasteiger partial charge in [-0.15, -0.1) is 0 Å². The molecule has 1 N–H and O–H groups in total. The Morgan fingerprint density at radius 2 is 1.88 bits per heavy atom. The zero-order valence-corrected chi connectivity index (χ0v) is 7.52. The Hall–Kier alpha value is -1.31. The van der Waals surface area contributed by atoms with Crippen LogP contribution in [0.1, 0.15) is 23.2 Å². The van der Waals surface area contributed by atoms with E-state index >= 15 is 0 Å². The maximum Gasteiger partial charge on any atom is 0.416 e. The monoisotopic (exact) mass is 245 g/mol. The summed E-state index contributed by atoms with van der Waals surface area (Å²) >= 11 is 0. The van der Waals surface area contributed by atoms with E-state index in [4.69, 9.17) is 5.11 Å². The van der Waals surface area contributed by atoms with Crippen LogP contribution in [0, 0.1) is 5.95 Å². The van der Waals surface area contributed by atoms with Gasteiger partial charge in [-0.1, -0.05) is 0 Å². The molecule has 0 saturated heterocycles. The number of hydrogen-bond acceptors (Lipinski definition) is 2. The smallest absolute Gasteiger partial charge is 0.392 e. The lowest BCUT2D eigenvalue weighted by molar-refractivity contribution is -0.139. The van der Waals surface area contributed by atoms with E-state index in [0.717, 1.165) is 0 Å². The summed E-state index contributed by atoms with van der Waals surface area (Å²) in [5, 5.41) is 8.61. The van der Waals surface area contributed by atoms with Crippen molar-refractivity contribution in [2.24, 2.45) is 0 Å². The van der Waals surface area contributed by atoms with Gasteiger partial charge in [-0.3, -0.25) is 0 Å². The zero-order valence-electron chi connectivity index (χ0n) is 7.52. The van der Waals surface area contributed by atoms with E-state index in [9.17, 15) is 26.3 Å². The third kappa shape index (κ3) is 2.43. The summed E-state index contributed by atoms with van der Waals surface area (Å²) in [6.45, 7) is -1.29. The highest BCUT2D eigenvalue weighted by Crippen LogP contribution is 2.35. The van der Waals surface area contributed by atoms with Crippen molar-refractivity contribution in [3.63, 3.8) is 0 Å². The predicted octanol–water partition coefficient (Wildman–Crippen LogP) is 2.67.